The van der Waals surface area contributed by atoms with E-state index in [-0.39, 0.29) is 11.9 Å². The van der Waals surface area contributed by atoms with Crippen LogP contribution in [0.1, 0.15) is 20.8 Å². The summed E-state index contributed by atoms with van der Waals surface area (Å²) >= 11 is 0. The monoisotopic (exact) mass is 160 g/mol. The largest absolute Gasteiger partial charge is 0.374 e. The minimum absolute atomic E-state index is 0.147. The predicted octanol–water partition coefficient (Wildman–Crippen LogP) is 1.17. The fraction of sp³-hybridized carbons (Fsp3) is 1.00. The van der Waals surface area contributed by atoms with Crippen molar-refractivity contribution in [1.82, 2.24) is 0 Å². The summed E-state index contributed by atoms with van der Waals surface area (Å²) in [6, 6.07) is 0. The van der Waals surface area contributed by atoms with Crippen LogP contribution in [0.25, 0.3) is 0 Å². The molecule has 0 spiro atoms. The molecule has 11 heavy (non-hydrogen) atoms. The molecule has 0 saturated carbocycles. The lowest BCUT2D eigenvalue weighted by atomic mass is 10.2. The first-order chi connectivity index (χ1) is 5.08. The van der Waals surface area contributed by atoms with E-state index in [9.17, 15) is 0 Å². The standard InChI is InChI=1S/C8H16O3/c1-8(2,3)11-7-6-9-4-5-10-7/h7H,4-6H2,1-3H3/t7-/m0/s1. The summed E-state index contributed by atoms with van der Waals surface area (Å²) in [5.41, 5.74) is -0.147. The molecule has 1 fully saturated rings. The molecule has 1 rings (SSSR count). The molecule has 1 saturated heterocycles. The maximum absolute atomic E-state index is 5.53. The van der Waals surface area contributed by atoms with Gasteiger partial charge in [-0.1, -0.05) is 0 Å². The third kappa shape index (κ3) is 3.70. The Hall–Kier alpha value is -0.120. The number of hydrogen-bond donors (Lipinski definition) is 0. The lowest BCUT2D eigenvalue weighted by Gasteiger charge is -2.29. The van der Waals surface area contributed by atoms with Crippen molar-refractivity contribution in [2.75, 3.05) is 19.8 Å². The molecular weight excluding hydrogens is 144 g/mol. The molecule has 0 radical (unpaired) electrons. The SMILES string of the molecule is CC(C)(C)O[C@H]1COCCO1. The summed E-state index contributed by atoms with van der Waals surface area (Å²) in [6.07, 6.45) is -0.177. The highest BCUT2D eigenvalue weighted by Gasteiger charge is 2.21. The minimum atomic E-state index is -0.177. The Morgan fingerprint density at radius 3 is 2.45 bits per heavy atom. The molecule has 3 nitrogen and oxygen atoms in total. The Balaban J connectivity index is 2.24. The summed E-state index contributed by atoms with van der Waals surface area (Å²) in [5.74, 6) is 0. The molecule has 0 bridgehead atoms. The molecule has 0 N–H and O–H groups in total. The molecule has 3 heteroatoms. The topological polar surface area (TPSA) is 27.7 Å². The van der Waals surface area contributed by atoms with Gasteiger partial charge in [0.05, 0.1) is 25.4 Å². The number of hydrogen-bond acceptors (Lipinski definition) is 3. The highest BCUT2D eigenvalue weighted by Crippen LogP contribution is 2.13. The minimum Gasteiger partial charge on any atom is -0.374 e. The first-order valence-corrected chi connectivity index (χ1v) is 3.95. The molecule has 1 atom stereocenters. The summed E-state index contributed by atoms with van der Waals surface area (Å²) in [4.78, 5) is 0. The van der Waals surface area contributed by atoms with Crippen molar-refractivity contribution in [3.8, 4) is 0 Å². The molecule has 1 aliphatic rings. The third-order valence-electron chi connectivity index (χ3n) is 1.27. The van der Waals surface area contributed by atoms with E-state index in [1.54, 1.807) is 0 Å². The summed E-state index contributed by atoms with van der Waals surface area (Å²) in [6.45, 7) is 7.89. The fourth-order valence-corrected chi connectivity index (χ4v) is 0.929. The molecular formula is C8H16O3. The van der Waals surface area contributed by atoms with E-state index in [0.29, 0.717) is 19.8 Å². The van der Waals surface area contributed by atoms with E-state index >= 15 is 0 Å². The van der Waals surface area contributed by atoms with E-state index in [0.717, 1.165) is 0 Å². The fourth-order valence-electron chi connectivity index (χ4n) is 0.929. The van der Waals surface area contributed by atoms with Crippen molar-refractivity contribution in [3.05, 3.63) is 0 Å². The van der Waals surface area contributed by atoms with Gasteiger partial charge in [0.15, 0.2) is 6.29 Å². The Labute approximate surface area is 67.6 Å². The first-order valence-electron chi connectivity index (χ1n) is 3.95. The van der Waals surface area contributed by atoms with Gasteiger partial charge >= 0.3 is 0 Å². The van der Waals surface area contributed by atoms with Gasteiger partial charge in [-0.15, -0.1) is 0 Å². The van der Waals surface area contributed by atoms with Gasteiger partial charge in [-0.3, -0.25) is 0 Å². The molecule has 1 heterocycles. The lowest BCUT2D eigenvalue weighted by Crippen LogP contribution is -2.36. The lowest BCUT2D eigenvalue weighted by molar-refractivity contribution is -0.246. The highest BCUT2D eigenvalue weighted by molar-refractivity contribution is 4.61. The Morgan fingerprint density at radius 2 is 2.00 bits per heavy atom. The van der Waals surface area contributed by atoms with E-state index in [1.807, 2.05) is 20.8 Å². The molecule has 66 valence electrons. The van der Waals surface area contributed by atoms with Gasteiger partial charge in [-0.25, -0.2) is 0 Å². The molecule has 0 aromatic carbocycles. The summed E-state index contributed by atoms with van der Waals surface area (Å²) < 4.78 is 16.0. The van der Waals surface area contributed by atoms with Gasteiger partial charge in [0.1, 0.15) is 0 Å². The summed E-state index contributed by atoms with van der Waals surface area (Å²) in [7, 11) is 0. The Morgan fingerprint density at radius 1 is 1.27 bits per heavy atom. The van der Waals surface area contributed by atoms with Crippen LogP contribution in [0.5, 0.6) is 0 Å². The maximum atomic E-state index is 5.53. The van der Waals surface area contributed by atoms with Crippen LogP contribution in [0.15, 0.2) is 0 Å². The zero-order valence-corrected chi connectivity index (χ0v) is 7.42. The molecule has 0 aromatic heterocycles. The van der Waals surface area contributed by atoms with Gasteiger partial charge in [0, 0.05) is 0 Å². The van der Waals surface area contributed by atoms with Crippen molar-refractivity contribution in [2.45, 2.75) is 32.7 Å². The third-order valence-corrected chi connectivity index (χ3v) is 1.27. The average molecular weight is 160 g/mol. The van der Waals surface area contributed by atoms with E-state index in [1.165, 1.54) is 0 Å². The van der Waals surface area contributed by atoms with Crippen LogP contribution < -0.4 is 0 Å². The van der Waals surface area contributed by atoms with E-state index in [2.05, 4.69) is 0 Å². The van der Waals surface area contributed by atoms with Crippen LogP contribution in [-0.2, 0) is 14.2 Å². The predicted molar refractivity (Wildman–Crippen MR) is 41.4 cm³/mol. The van der Waals surface area contributed by atoms with Gasteiger partial charge < -0.3 is 14.2 Å². The van der Waals surface area contributed by atoms with Crippen LogP contribution in [0, 0.1) is 0 Å². The zero-order valence-electron chi connectivity index (χ0n) is 7.42. The molecule has 0 unspecified atom stereocenters. The first kappa shape index (κ1) is 8.97. The Bertz CT molecular complexity index is 111. The van der Waals surface area contributed by atoms with Crippen molar-refractivity contribution in [2.24, 2.45) is 0 Å². The van der Waals surface area contributed by atoms with Crippen LogP contribution in [-0.4, -0.2) is 31.7 Å². The second-order valence-electron chi connectivity index (χ2n) is 3.61. The van der Waals surface area contributed by atoms with Crippen molar-refractivity contribution >= 4 is 0 Å². The van der Waals surface area contributed by atoms with Crippen molar-refractivity contribution < 1.29 is 14.2 Å². The van der Waals surface area contributed by atoms with Crippen LogP contribution in [0.4, 0.5) is 0 Å². The van der Waals surface area contributed by atoms with Crippen LogP contribution in [0.2, 0.25) is 0 Å². The quantitative estimate of drug-likeness (QED) is 0.576. The van der Waals surface area contributed by atoms with E-state index in [4.69, 9.17) is 14.2 Å². The van der Waals surface area contributed by atoms with Crippen molar-refractivity contribution in [1.29, 1.82) is 0 Å². The van der Waals surface area contributed by atoms with Gasteiger partial charge in [-0.05, 0) is 20.8 Å². The maximum Gasteiger partial charge on any atom is 0.181 e. The summed E-state index contributed by atoms with van der Waals surface area (Å²) in [5, 5.41) is 0. The van der Waals surface area contributed by atoms with Crippen LogP contribution >= 0.6 is 0 Å². The molecule has 0 amide bonds. The normalized spacial score (nSPS) is 27.0. The van der Waals surface area contributed by atoms with Gasteiger partial charge in [-0.2, -0.15) is 0 Å². The second-order valence-corrected chi connectivity index (χ2v) is 3.61. The second kappa shape index (κ2) is 3.52. The number of ether oxygens (including phenoxy) is 3. The smallest absolute Gasteiger partial charge is 0.181 e. The van der Waals surface area contributed by atoms with Crippen molar-refractivity contribution in [3.63, 3.8) is 0 Å². The average Bonchev–Trinajstić information content (AvgIpc) is 1.85. The zero-order chi connectivity index (χ0) is 8.32. The Kier molecular flexibility index (Phi) is 2.87. The van der Waals surface area contributed by atoms with E-state index < -0.39 is 0 Å². The molecule has 0 aromatic rings. The van der Waals surface area contributed by atoms with Crippen LogP contribution in [0.3, 0.4) is 0 Å². The molecule has 0 aliphatic carbocycles. The van der Waals surface area contributed by atoms with Gasteiger partial charge in [0.25, 0.3) is 0 Å². The highest BCUT2D eigenvalue weighted by atomic mass is 16.7. The number of rotatable bonds is 1. The molecule has 1 aliphatic heterocycles. The van der Waals surface area contributed by atoms with Gasteiger partial charge in [0.2, 0.25) is 0 Å².